The highest BCUT2D eigenvalue weighted by molar-refractivity contribution is 7.15. The second-order valence-corrected chi connectivity index (χ2v) is 8.89. The molecule has 1 aliphatic rings. The van der Waals surface area contributed by atoms with Crippen LogP contribution in [-0.2, 0) is 28.5 Å². The molecule has 1 atom stereocenters. The molecular weight excluding hydrogens is 441 g/mol. The lowest BCUT2D eigenvalue weighted by Crippen LogP contribution is -2.48. The molecule has 5 nitrogen and oxygen atoms in total. The predicted octanol–water partition coefficient (Wildman–Crippen LogP) is 5.17. The highest BCUT2D eigenvalue weighted by Crippen LogP contribution is 2.33. The van der Waals surface area contributed by atoms with Crippen LogP contribution >= 0.6 is 11.3 Å². The number of nitrogens with one attached hydrogen (secondary N) is 1. The predicted molar refractivity (Wildman–Crippen MR) is 114 cm³/mol. The van der Waals surface area contributed by atoms with E-state index in [1.165, 1.54) is 17.4 Å². The van der Waals surface area contributed by atoms with Crippen LogP contribution in [0.1, 0.15) is 44.5 Å². The second kappa shape index (κ2) is 8.05. The summed E-state index contributed by atoms with van der Waals surface area (Å²) in [5.41, 5.74) is 0.158. The van der Waals surface area contributed by atoms with Gasteiger partial charge in [0.25, 0.3) is 5.91 Å². The Morgan fingerprint density at radius 3 is 2.72 bits per heavy atom. The Morgan fingerprint density at radius 1 is 1.22 bits per heavy atom. The number of esters is 1. The number of hydrogen-bond donors (Lipinski definition) is 1. The molecule has 32 heavy (non-hydrogen) atoms. The zero-order valence-corrected chi connectivity index (χ0v) is 18.1. The van der Waals surface area contributed by atoms with Crippen molar-refractivity contribution in [2.24, 2.45) is 0 Å². The van der Waals surface area contributed by atoms with Crippen LogP contribution in [0.2, 0.25) is 0 Å². The first kappa shape index (κ1) is 22.0. The Hall–Kier alpha value is -3.20. The SMILES string of the molecule is Cc1nc(NC(=O)C2(C)Cc3ccccc3C(=O)O2)sc1Cc1cccc(C(F)(F)F)c1. The summed E-state index contributed by atoms with van der Waals surface area (Å²) in [4.78, 5) is 30.3. The summed E-state index contributed by atoms with van der Waals surface area (Å²) in [7, 11) is 0. The molecule has 0 radical (unpaired) electrons. The van der Waals surface area contributed by atoms with Crippen molar-refractivity contribution in [3.63, 3.8) is 0 Å². The van der Waals surface area contributed by atoms with Gasteiger partial charge in [0.1, 0.15) is 0 Å². The number of hydrogen-bond acceptors (Lipinski definition) is 5. The fraction of sp³-hybridized carbons (Fsp3) is 0.261. The molecule has 2 aromatic carbocycles. The van der Waals surface area contributed by atoms with Crippen LogP contribution in [0.4, 0.5) is 18.3 Å². The highest BCUT2D eigenvalue weighted by atomic mass is 32.1. The molecule has 1 unspecified atom stereocenters. The van der Waals surface area contributed by atoms with Crippen molar-refractivity contribution in [2.45, 2.75) is 38.5 Å². The van der Waals surface area contributed by atoms with Gasteiger partial charge in [-0.25, -0.2) is 9.78 Å². The Morgan fingerprint density at radius 2 is 1.97 bits per heavy atom. The Labute approximate surface area is 186 Å². The van der Waals surface area contributed by atoms with Crippen molar-refractivity contribution in [3.8, 4) is 0 Å². The third-order valence-corrected chi connectivity index (χ3v) is 6.37. The molecule has 166 valence electrons. The molecule has 0 aliphatic carbocycles. The van der Waals surface area contributed by atoms with E-state index in [0.717, 1.165) is 22.6 Å². The number of cyclic esters (lactones) is 1. The quantitative estimate of drug-likeness (QED) is 0.546. The van der Waals surface area contributed by atoms with Crippen LogP contribution in [0.5, 0.6) is 0 Å². The molecule has 2 heterocycles. The van der Waals surface area contributed by atoms with E-state index in [4.69, 9.17) is 4.74 Å². The Kier molecular flexibility index (Phi) is 5.54. The number of amides is 1. The topological polar surface area (TPSA) is 68.3 Å². The third kappa shape index (κ3) is 4.38. The molecule has 0 spiro atoms. The number of halogens is 3. The van der Waals surface area contributed by atoms with Gasteiger partial charge >= 0.3 is 12.1 Å². The van der Waals surface area contributed by atoms with E-state index >= 15 is 0 Å². The van der Waals surface area contributed by atoms with Gasteiger partial charge in [-0.1, -0.05) is 36.4 Å². The van der Waals surface area contributed by atoms with E-state index in [-0.39, 0.29) is 12.8 Å². The summed E-state index contributed by atoms with van der Waals surface area (Å²) in [6, 6.07) is 12.1. The van der Waals surface area contributed by atoms with Crippen molar-refractivity contribution in [1.82, 2.24) is 4.98 Å². The molecule has 1 N–H and O–H groups in total. The van der Waals surface area contributed by atoms with Crippen LogP contribution in [0.15, 0.2) is 48.5 Å². The number of alkyl halides is 3. The lowest BCUT2D eigenvalue weighted by atomic mass is 9.89. The van der Waals surface area contributed by atoms with E-state index in [2.05, 4.69) is 10.3 Å². The lowest BCUT2D eigenvalue weighted by Gasteiger charge is -2.32. The number of carbonyl (C=O) groups excluding carboxylic acids is 2. The third-order valence-electron chi connectivity index (χ3n) is 5.30. The maximum atomic E-state index is 13.0. The van der Waals surface area contributed by atoms with Crippen molar-refractivity contribution in [1.29, 1.82) is 0 Å². The fourth-order valence-corrected chi connectivity index (χ4v) is 4.57. The van der Waals surface area contributed by atoms with Crippen LogP contribution in [-0.4, -0.2) is 22.5 Å². The zero-order chi connectivity index (χ0) is 23.1. The minimum absolute atomic E-state index is 0.224. The number of benzene rings is 2. The molecule has 0 saturated carbocycles. The normalized spacial score (nSPS) is 18.1. The number of carbonyl (C=O) groups is 2. The molecule has 4 rings (SSSR count). The molecule has 1 aromatic heterocycles. The van der Waals surface area contributed by atoms with Gasteiger partial charge in [-0.2, -0.15) is 13.2 Å². The molecule has 0 saturated heterocycles. The smallest absolute Gasteiger partial charge is 0.416 e. The number of rotatable bonds is 4. The van der Waals surface area contributed by atoms with Crippen LogP contribution in [0.3, 0.4) is 0 Å². The van der Waals surface area contributed by atoms with Crippen molar-refractivity contribution in [3.05, 3.63) is 81.4 Å². The van der Waals surface area contributed by atoms with E-state index in [1.54, 1.807) is 44.2 Å². The van der Waals surface area contributed by atoms with Gasteiger partial charge < -0.3 is 4.74 Å². The summed E-state index contributed by atoms with van der Waals surface area (Å²) in [5, 5.41) is 2.99. The number of ether oxygens (including phenoxy) is 1. The van der Waals surface area contributed by atoms with Crippen LogP contribution < -0.4 is 5.32 Å². The van der Waals surface area contributed by atoms with Crippen LogP contribution in [0, 0.1) is 6.92 Å². The summed E-state index contributed by atoms with van der Waals surface area (Å²) < 4.78 is 44.4. The highest BCUT2D eigenvalue weighted by Gasteiger charge is 2.43. The molecule has 1 aliphatic heterocycles. The van der Waals surface area contributed by atoms with Gasteiger partial charge in [0, 0.05) is 17.7 Å². The number of thiazole rings is 1. The van der Waals surface area contributed by atoms with E-state index in [0.29, 0.717) is 22.0 Å². The number of nitrogens with zero attached hydrogens (tertiary/aromatic N) is 1. The van der Waals surface area contributed by atoms with Gasteiger partial charge in [-0.3, -0.25) is 10.1 Å². The zero-order valence-electron chi connectivity index (χ0n) is 17.2. The monoisotopic (exact) mass is 460 g/mol. The van der Waals surface area contributed by atoms with Crippen molar-refractivity contribution >= 4 is 28.3 Å². The van der Waals surface area contributed by atoms with Gasteiger partial charge in [-0.05, 0) is 37.1 Å². The van der Waals surface area contributed by atoms with E-state index in [9.17, 15) is 22.8 Å². The Bertz CT molecular complexity index is 1210. The van der Waals surface area contributed by atoms with Crippen molar-refractivity contribution < 1.29 is 27.5 Å². The van der Waals surface area contributed by atoms with Gasteiger partial charge in [0.2, 0.25) is 0 Å². The molecule has 1 amide bonds. The molecular formula is C23H19F3N2O3S. The number of aryl methyl sites for hydroxylation is 1. The number of anilines is 1. The average Bonchev–Trinajstić information content (AvgIpc) is 3.06. The first-order valence-corrected chi connectivity index (χ1v) is 10.6. The lowest BCUT2D eigenvalue weighted by molar-refractivity contribution is -0.137. The molecule has 0 bridgehead atoms. The maximum Gasteiger partial charge on any atom is 0.416 e. The van der Waals surface area contributed by atoms with E-state index in [1.807, 2.05) is 0 Å². The molecule has 3 aromatic rings. The molecule has 0 fully saturated rings. The Balaban J connectivity index is 1.50. The summed E-state index contributed by atoms with van der Waals surface area (Å²) in [6.45, 7) is 3.27. The largest absolute Gasteiger partial charge is 0.445 e. The summed E-state index contributed by atoms with van der Waals surface area (Å²) in [6.07, 6.45) is -3.94. The van der Waals surface area contributed by atoms with Gasteiger partial charge in [0.15, 0.2) is 10.7 Å². The van der Waals surface area contributed by atoms with Crippen molar-refractivity contribution in [2.75, 3.05) is 5.32 Å². The second-order valence-electron chi connectivity index (χ2n) is 7.81. The maximum absolute atomic E-state index is 13.0. The van der Waals surface area contributed by atoms with Gasteiger partial charge in [0.05, 0.1) is 16.8 Å². The summed E-state index contributed by atoms with van der Waals surface area (Å²) in [5.74, 6) is -1.08. The molecule has 9 heteroatoms. The van der Waals surface area contributed by atoms with E-state index < -0.39 is 29.2 Å². The van der Waals surface area contributed by atoms with Crippen LogP contribution in [0.25, 0.3) is 0 Å². The fourth-order valence-electron chi connectivity index (χ4n) is 3.58. The minimum atomic E-state index is -4.41. The number of fused-ring (bicyclic) bond motifs is 1. The minimum Gasteiger partial charge on any atom is -0.445 e. The standard InChI is InChI=1S/C23H19F3N2O3S/c1-13-18(11-14-6-5-8-16(10-14)23(24,25)26)32-21(27-13)28-20(30)22(2)12-15-7-3-4-9-17(15)19(29)31-22/h3-10H,11-12H2,1-2H3,(H,27,28,30). The first-order valence-electron chi connectivity index (χ1n) is 9.80. The number of aromatic nitrogens is 1. The summed E-state index contributed by atoms with van der Waals surface area (Å²) >= 11 is 1.18. The first-order chi connectivity index (χ1) is 15.0. The average molecular weight is 460 g/mol. The van der Waals surface area contributed by atoms with Gasteiger partial charge in [-0.15, -0.1) is 11.3 Å².